The summed E-state index contributed by atoms with van der Waals surface area (Å²) in [6, 6.07) is 20.0. The molecule has 1 amide bonds. The van der Waals surface area contributed by atoms with E-state index in [1.54, 1.807) is 6.20 Å². The molecule has 0 saturated heterocycles. The largest absolute Gasteiger partial charge is 0.338 e. The molecule has 2 aromatic carbocycles. The van der Waals surface area contributed by atoms with Crippen molar-refractivity contribution >= 4 is 34.4 Å². The number of hydrogen-bond donors (Lipinski definition) is 1. The van der Waals surface area contributed by atoms with Gasteiger partial charge in [0.1, 0.15) is 5.82 Å². The maximum absolute atomic E-state index is 12.6. The third kappa shape index (κ3) is 3.16. The van der Waals surface area contributed by atoms with E-state index in [9.17, 15) is 4.79 Å². The monoisotopic (exact) mass is 386 g/mol. The molecule has 0 fully saturated rings. The molecule has 4 aromatic rings. The number of pyridine rings is 1. The highest BCUT2D eigenvalue weighted by Gasteiger charge is 2.23. The van der Waals surface area contributed by atoms with E-state index in [0.717, 1.165) is 46.1 Å². The number of anilines is 1. The Morgan fingerprint density at radius 3 is 2.79 bits per heavy atom. The first kappa shape index (κ1) is 17.0. The number of fused-ring (bicyclic) bond motifs is 2. The lowest BCUT2D eigenvalue weighted by Gasteiger charge is -2.16. The van der Waals surface area contributed by atoms with Crippen molar-refractivity contribution in [3.05, 3.63) is 72.4 Å². The zero-order valence-corrected chi connectivity index (χ0v) is 15.9. The molecule has 0 atom stereocenters. The van der Waals surface area contributed by atoms with Gasteiger partial charge in [0.25, 0.3) is 0 Å². The standard InChI is InChI=1S/C22H18N4OS/c27-21(26-12-11-15-5-1-4-8-19(15)26)14-28-20-10-9-16(13-23-20)22-24-17-6-2-3-7-18(17)25-22/h1-10,13H,11-12,14H2,(H,24,25). The van der Waals surface area contributed by atoms with Crippen LogP contribution in [0.3, 0.4) is 0 Å². The third-order valence-corrected chi connectivity index (χ3v) is 5.86. The molecule has 0 unspecified atom stereocenters. The zero-order valence-electron chi connectivity index (χ0n) is 15.1. The van der Waals surface area contributed by atoms with Gasteiger partial charge in [0.2, 0.25) is 5.91 Å². The topological polar surface area (TPSA) is 61.9 Å². The SMILES string of the molecule is O=C(CSc1ccc(-c2nc3ccccc3[nH]2)cn1)N1CCc2ccccc21. The van der Waals surface area contributed by atoms with Gasteiger partial charge in [-0.15, -0.1) is 0 Å². The van der Waals surface area contributed by atoms with Gasteiger partial charge in [-0.05, 0) is 42.3 Å². The van der Waals surface area contributed by atoms with Crippen LogP contribution in [0, 0.1) is 0 Å². The van der Waals surface area contributed by atoms with Crippen molar-refractivity contribution in [2.45, 2.75) is 11.4 Å². The molecule has 3 heterocycles. The first-order chi connectivity index (χ1) is 13.8. The summed E-state index contributed by atoms with van der Waals surface area (Å²) in [5.74, 6) is 1.30. The van der Waals surface area contributed by atoms with Crippen molar-refractivity contribution in [2.24, 2.45) is 0 Å². The molecule has 1 aliphatic rings. The average Bonchev–Trinajstić information content (AvgIpc) is 3.36. The van der Waals surface area contributed by atoms with Crippen LogP contribution in [0.4, 0.5) is 5.69 Å². The van der Waals surface area contributed by atoms with E-state index >= 15 is 0 Å². The van der Waals surface area contributed by atoms with Crippen LogP contribution in [-0.4, -0.2) is 33.2 Å². The molecular weight excluding hydrogens is 368 g/mol. The quantitative estimate of drug-likeness (QED) is 0.531. The van der Waals surface area contributed by atoms with Crippen LogP contribution in [0.15, 0.2) is 71.9 Å². The molecule has 138 valence electrons. The van der Waals surface area contributed by atoms with Crippen molar-refractivity contribution in [3.8, 4) is 11.4 Å². The summed E-state index contributed by atoms with van der Waals surface area (Å²) in [6.07, 6.45) is 2.73. The van der Waals surface area contributed by atoms with Crippen LogP contribution in [0.1, 0.15) is 5.56 Å². The van der Waals surface area contributed by atoms with Crippen LogP contribution in [0.2, 0.25) is 0 Å². The summed E-state index contributed by atoms with van der Waals surface area (Å²) < 4.78 is 0. The number of imidazole rings is 1. The highest BCUT2D eigenvalue weighted by Crippen LogP contribution is 2.29. The van der Waals surface area contributed by atoms with Crippen LogP contribution in [0.25, 0.3) is 22.4 Å². The fourth-order valence-corrected chi connectivity index (χ4v) is 4.22. The van der Waals surface area contributed by atoms with Gasteiger partial charge < -0.3 is 9.88 Å². The summed E-state index contributed by atoms with van der Waals surface area (Å²) in [5, 5.41) is 0.834. The molecule has 0 saturated carbocycles. The molecule has 2 aromatic heterocycles. The van der Waals surface area contributed by atoms with E-state index in [1.807, 2.05) is 59.5 Å². The Balaban J connectivity index is 1.26. The van der Waals surface area contributed by atoms with Gasteiger partial charge in [-0.1, -0.05) is 42.1 Å². The highest BCUT2D eigenvalue weighted by atomic mass is 32.2. The number of carbonyl (C=O) groups excluding carboxylic acids is 1. The Labute approximate surface area is 166 Å². The van der Waals surface area contributed by atoms with Gasteiger partial charge in [0, 0.05) is 24.0 Å². The van der Waals surface area contributed by atoms with Crippen LogP contribution >= 0.6 is 11.8 Å². The van der Waals surface area contributed by atoms with E-state index in [1.165, 1.54) is 17.3 Å². The van der Waals surface area contributed by atoms with Crippen molar-refractivity contribution < 1.29 is 4.79 Å². The number of carbonyl (C=O) groups is 1. The molecule has 28 heavy (non-hydrogen) atoms. The van der Waals surface area contributed by atoms with E-state index in [4.69, 9.17) is 0 Å². The summed E-state index contributed by atoms with van der Waals surface area (Å²) >= 11 is 1.47. The van der Waals surface area contributed by atoms with Gasteiger partial charge in [-0.2, -0.15) is 0 Å². The number of aromatic nitrogens is 3. The maximum Gasteiger partial charge on any atom is 0.237 e. The number of aromatic amines is 1. The minimum atomic E-state index is 0.123. The molecule has 0 aliphatic carbocycles. The Hall–Kier alpha value is -3.12. The normalized spacial score (nSPS) is 13.1. The fourth-order valence-electron chi connectivity index (χ4n) is 3.51. The van der Waals surface area contributed by atoms with Crippen molar-refractivity contribution in [1.82, 2.24) is 15.0 Å². The van der Waals surface area contributed by atoms with Gasteiger partial charge in [0.05, 0.1) is 21.8 Å². The average molecular weight is 386 g/mol. The van der Waals surface area contributed by atoms with Crippen molar-refractivity contribution in [3.63, 3.8) is 0 Å². The van der Waals surface area contributed by atoms with Crippen molar-refractivity contribution in [2.75, 3.05) is 17.2 Å². The number of H-pyrrole nitrogens is 1. The summed E-state index contributed by atoms with van der Waals surface area (Å²) in [5.41, 5.74) is 5.16. The number of nitrogens with zero attached hydrogens (tertiary/aromatic N) is 3. The Bertz CT molecular complexity index is 1120. The second-order valence-electron chi connectivity index (χ2n) is 6.70. The minimum absolute atomic E-state index is 0.123. The highest BCUT2D eigenvalue weighted by molar-refractivity contribution is 7.99. The van der Waals surface area contributed by atoms with Gasteiger partial charge in [0.15, 0.2) is 0 Å². The molecule has 0 bridgehead atoms. The van der Waals surface area contributed by atoms with Crippen molar-refractivity contribution in [1.29, 1.82) is 0 Å². The lowest BCUT2D eigenvalue weighted by molar-refractivity contribution is -0.116. The number of nitrogens with one attached hydrogen (secondary N) is 1. The summed E-state index contributed by atoms with van der Waals surface area (Å²) in [6.45, 7) is 0.761. The van der Waals surface area contributed by atoms with Crippen LogP contribution in [-0.2, 0) is 11.2 Å². The van der Waals surface area contributed by atoms with Gasteiger partial charge in [-0.3, -0.25) is 4.79 Å². The smallest absolute Gasteiger partial charge is 0.237 e. The minimum Gasteiger partial charge on any atom is -0.338 e. The summed E-state index contributed by atoms with van der Waals surface area (Å²) in [7, 11) is 0. The maximum atomic E-state index is 12.6. The van der Waals surface area contributed by atoms with Crippen LogP contribution in [0.5, 0.6) is 0 Å². The first-order valence-corrected chi connectivity index (χ1v) is 10.2. The fraction of sp³-hybridized carbons (Fsp3) is 0.136. The number of benzene rings is 2. The predicted molar refractivity (Wildman–Crippen MR) is 113 cm³/mol. The molecule has 5 nitrogen and oxygen atoms in total. The third-order valence-electron chi connectivity index (χ3n) is 4.93. The zero-order chi connectivity index (χ0) is 18.9. The van der Waals surface area contributed by atoms with E-state index in [-0.39, 0.29) is 5.91 Å². The van der Waals surface area contributed by atoms with Crippen LogP contribution < -0.4 is 4.90 Å². The molecule has 0 spiro atoms. The second kappa shape index (κ2) is 7.13. The summed E-state index contributed by atoms with van der Waals surface area (Å²) in [4.78, 5) is 26.9. The molecule has 1 aliphatic heterocycles. The van der Waals surface area contributed by atoms with E-state index in [0.29, 0.717) is 5.75 Å². The van der Waals surface area contributed by atoms with Gasteiger partial charge >= 0.3 is 0 Å². The number of thioether (sulfide) groups is 1. The Morgan fingerprint density at radius 2 is 1.93 bits per heavy atom. The molecule has 5 rings (SSSR count). The number of amides is 1. The lowest BCUT2D eigenvalue weighted by Crippen LogP contribution is -2.30. The predicted octanol–water partition coefficient (Wildman–Crippen LogP) is 4.31. The number of para-hydroxylation sites is 3. The number of rotatable bonds is 4. The molecular formula is C22H18N4OS. The van der Waals surface area contributed by atoms with E-state index < -0.39 is 0 Å². The van der Waals surface area contributed by atoms with Gasteiger partial charge in [-0.25, -0.2) is 9.97 Å². The first-order valence-electron chi connectivity index (χ1n) is 9.20. The Kier molecular flexibility index (Phi) is 4.33. The molecule has 0 radical (unpaired) electrons. The number of hydrogen-bond acceptors (Lipinski definition) is 4. The van der Waals surface area contributed by atoms with E-state index in [2.05, 4.69) is 21.0 Å². The molecule has 6 heteroatoms. The second-order valence-corrected chi connectivity index (χ2v) is 7.70. The molecule has 1 N–H and O–H groups in total. The lowest BCUT2D eigenvalue weighted by atomic mass is 10.2. The Morgan fingerprint density at radius 1 is 1.07 bits per heavy atom.